The molecule has 0 aliphatic heterocycles. The van der Waals surface area contributed by atoms with Crippen molar-refractivity contribution >= 4 is 5.97 Å². The number of carbonyl (C=O) groups excluding carboxylic acids is 1. The zero-order valence-corrected chi connectivity index (χ0v) is 12.9. The van der Waals surface area contributed by atoms with Crippen LogP contribution in [0.25, 0.3) is 0 Å². The summed E-state index contributed by atoms with van der Waals surface area (Å²) in [6, 6.07) is 14.9. The number of aryl methyl sites for hydroxylation is 1. The zero-order valence-electron chi connectivity index (χ0n) is 12.9. The highest BCUT2D eigenvalue weighted by atomic mass is 16.5. The highest BCUT2D eigenvalue weighted by molar-refractivity contribution is 5.70. The normalized spacial score (nSPS) is 11.8. The standard InChI is InChI=1S/C18H21NO3/c1-3-21-18(20)12-17(19)14-5-4-6-16(11-14)22-15-9-7-13(2)8-10-15/h4-11,17H,3,12,19H2,1-2H3. The van der Waals surface area contributed by atoms with Crippen molar-refractivity contribution in [1.82, 2.24) is 0 Å². The van der Waals surface area contributed by atoms with Gasteiger partial charge in [0.1, 0.15) is 11.5 Å². The van der Waals surface area contributed by atoms with E-state index in [-0.39, 0.29) is 12.4 Å². The van der Waals surface area contributed by atoms with Crippen LogP contribution in [0.3, 0.4) is 0 Å². The fourth-order valence-corrected chi connectivity index (χ4v) is 2.07. The number of hydrogen-bond donors (Lipinski definition) is 1. The zero-order chi connectivity index (χ0) is 15.9. The van der Waals surface area contributed by atoms with Gasteiger partial charge in [-0.3, -0.25) is 4.79 Å². The summed E-state index contributed by atoms with van der Waals surface area (Å²) >= 11 is 0. The Morgan fingerprint density at radius 3 is 2.55 bits per heavy atom. The Morgan fingerprint density at radius 2 is 1.86 bits per heavy atom. The molecule has 0 aromatic heterocycles. The van der Waals surface area contributed by atoms with Gasteiger partial charge in [-0.05, 0) is 43.7 Å². The van der Waals surface area contributed by atoms with Crippen LogP contribution in [-0.4, -0.2) is 12.6 Å². The van der Waals surface area contributed by atoms with Crippen LogP contribution in [0.4, 0.5) is 0 Å². The molecule has 0 saturated heterocycles. The largest absolute Gasteiger partial charge is 0.466 e. The SMILES string of the molecule is CCOC(=O)CC(N)c1cccc(Oc2ccc(C)cc2)c1. The molecular formula is C18H21NO3. The van der Waals surface area contributed by atoms with Crippen molar-refractivity contribution in [3.05, 3.63) is 59.7 Å². The fourth-order valence-electron chi connectivity index (χ4n) is 2.07. The fraction of sp³-hybridized carbons (Fsp3) is 0.278. The van der Waals surface area contributed by atoms with Crippen molar-refractivity contribution in [3.63, 3.8) is 0 Å². The molecule has 0 saturated carbocycles. The monoisotopic (exact) mass is 299 g/mol. The van der Waals surface area contributed by atoms with Crippen LogP contribution in [0.1, 0.15) is 30.5 Å². The third-order valence-electron chi connectivity index (χ3n) is 3.23. The molecule has 0 spiro atoms. The Balaban J connectivity index is 2.05. The first-order valence-corrected chi connectivity index (χ1v) is 7.34. The van der Waals surface area contributed by atoms with Gasteiger partial charge in [-0.15, -0.1) is 0 Å². The quantitative estimate of drug-likeness (QED) is 0.825. The van der Waals surface area contributed by atoms with E-state index in [1.165, 1.54) is 5.56 Å². The van der Waals surface area contributed by atoms with Gasteiger partial charge in [0.25, 0.3) is 0 Å². The minimum atomic E-state index is -0.402. The van der Waals surface area contributed by atoms with Gasteiger partial charge in [-0.25, -0.2) is 0 Å². The molecule has 0 heterocycles. The predicted octanol–water partition coefficient (Wildman–Crippen LogP) is 3.74. The number of carbonyl (C=O) groups is 1. The van der Waals surface area contributed by atoms with Crippen LogP contribution in [0.15, 0.2) is 48.5 Å². The van der Waals surface area contributed by atoms with Crippen molar-refractivity contribution in [1.29, 1.82) is 0 Å². The molecule has 1 atom stereocenters. The van der Waals surface area contributed by atoms with E-state index in [1.807, 2.05) is 55.5 Å². The van der Waals surface area contributed by atoms with Crippen molar-refractivity contribution in [2.75, 3.05) is 6.61 Å². The highest BCUT2D eigenvalue weighted by Crippen LogP contribution is 2.25. The third kappa shape index (κ3) is 4.60. The highest BCUT2D eigenvalue weighted by Gasteiger charge is 2.13. The predicted molar refractivity (Wildman–Crippen MR) is 85.9 cm³/mol. The summed E-state index contributed by atoms with van der Waals surface area (Å²) < 4.78 is 10.7. The average Bonchev–Trinajstić information content (AvgIpc) is 2.50. The lowest BCUT2D eigenvalue weighted by Gasteiger charge is -2.13. The van der Waals surface area contributed by atoms with Crippen molar-refractivity contribution < 1.29 is 14.3 Å². The first kappa shape index (κ1) is 16.0. The molecule has 0 radical (unpaired) electrons. The van der Waals surface area contributed by atoms with E-state index in [2.05, 4.69) is 0 Å². The van der Waals surface area contributed by atoms with Gasteiger partial charge in [-0.2, -0.15) is 0 Å². The number of esters is 1. The van der Waals surface area contributed by atoms with Crippen LogP contribution >= 0.6 is 0 Å². The van der Waals surface area contributed by atoms with Gasteiger partial charge >= 0.3 is 5.97 Å². The molecule has 4 nitrogen and oxygen atoms in total. The van der Waals surface area contributed by atoms with Gasteiger partial charge < -0.3 is 15.2 Å². The second kappa shape index (κ2) is 7.61. The first-order chi connectivity index (χ1) is 10.6. The minimum absolute atomic E-state index is 0.155. The number of hydrogen-bond acceptors (Lipinski definition) is 4. The second-order valence-corrected chi connectivity index (χ2v) is 5.10. The van der Waals surface area contributed by atoms with E-state index < -0.39 is 6.04 Å². The summed E-state index contributed by atoms with van der Waals surface area (Å²) in [4.78, 5) is 11.5. The molecule has 0 amide bonds. The Hall–Kier alpha value is -2.33. The molecule has 1 unspecified atom stereocenters. The van der Waals surface area contributed by atoms with Gasteiger partial charge in [0.05, 0.1) is 13.0 Å². The van der Waals surface area contributed by atoms with E-state index >= 15 is 0 Å². The summed E-state index contributed by atoms with van der Waals surface area (Å²) in [6.07, 6.45) is 0.155. The molecule has 0 aliphatic rings. The summed E-state index contributed by atoms with van der Waals surface area (Å²) in [7, 11) is 0. The van der Waals surface area contributed by atoms with E-state index in [0.717, 1.165) is 11.3 Å². The van der Waals surface area contributed by atoms with Crippen LogP contribution in [0.2, 0.25) is 0 Å². The topological polar surface area (TPSA) is 61.5 Å². The summed E-state index contributed by atoms with van der Waals surface area (Å²) in [5.74, 6) is 1.17. The van der Waals surface area contributed by atoms with E-state index in [1.54, 1.807) is 6.92 Å². The Labute approximate surface area is 130 Å². The molecular weight excluding hydrogens is 278 g/mol. The Kier molecular flexibility index (Phi) is 5.55. The lowest BCUT2D eigenvalue weighted by Crippen LogP contribution is -2.17. The summed E-state index contributed by atoms with van der Waals surface area (Å²) in [5, 5.41) is 0. The number of nitrogens with two attached hydrogens (primary N) is 1. The minimum Gasteiger partial charge on any atom is -0.466 e. The molecule has 2 rings (SSSR count). The maximum atomic E-state index is 11.5. The van der Waals surface area contributed by atoms with Crippen molar-refractivity contribution in [3.8, 4) is 11.5 Å². The average molecular weight is 299 g/mol. The van der Waals surface area contributed by atoms with E-state index in [4.69, 9.17) is 15.2 Å². The van der Waals surface area contributed by atoms with Crippen LogP contribution < -0.4 is 10.5 Å². The Morgan fingerprint density at radius 1 is 1.14 bits per heavy atom. The molecule has 2 aromatic rings. The van der Waals surface area contributed by atoms with Crippen molar-refractivity contribution in [2.45, 2.75) is 26.3 Å². The summed E-state index contributed by atoms with van der Waals surface area (Å²) in [5.41, 5.74) is 8.08. The third-order valence-corrected chi connectivity index (χ3v) is 3.23. The molecule has 22 heavy (non-hydrogen) atoms. The smallest absolute Gasteiger partial charge is 0.307 e. The number of benzene rings is 2. The lowest BCUT2D eigenvalue weighted by molar-refractivity contribution is -0.143. The van der Waals surface area contributed by atoms with Crippen LogP contribution in [0.5, 0.6) is 11.5 Å². The molecule has 2 N–H and O–H groups in total. The Bertz CT molecular complexity index is 622. The molecule has 4 heteroatoms. The van der Waals surface area contributed by atoms with E-state index in [0.29, 0.717) is 12.4 Å². The van der Waals surface area contributed by atoms with E-state index in [9.17, 15) is 4.79 Å². The maximum absolute atomic E-state index is 11.5. The maximum Gasteiger partial charge on any atom is 0.307 e. The van der Waals surface area contributed by atoms with Crippen molar-refractivity contribution in [2.24, 2.45) is 5.73 Å². The molecule has 116 valence electrons. The molecule has 0 aliphatic carbocycles. The molecule has 0 bridgehead atoms. The van der Waals surface area contributed by atoms with Crippen LogP contribution in [-0.2, 0) is 9.53 Å². The molecule has 0 fully saturated rings. The molecule has 2 aromatic carbocycles. The summed E-state index contributed by atoms with van der Waals surface area (Å²) in [6.45, 7) is 4.17. The number of ether oxygens (including phenoxy) is 2. The van der Waals surface area contributed by atoms with Crippen LogP contribution in [0, 0.1) is 6.92 Å². The lowest BCUT2D eigenvalue weighted by atomic mass is 10.0. The van der Waals surface area contributed by atoms with Gasteiger partial charge in [0.15, 0.2) is 0 Å². The van der Waals surface area contributed by atoms with Gasteiger partial charge in [0.2, 0.25) is 0 Å². The van der Waals surface area contributed by atoms with Gasteiger partial charge in [-0.1, -0.05) is 29.8 Å². The first-order valence-electron chi connectivity index (χ1n) is 7.34. The van der Waals surface area contributed by atoms with Gasteiger partial charge in [0, 0.05) is 6.04 Å². The second-order valence-electron chi connectivity index (χ2n) is 5.10. The number of rotatable bonds is 6.